The molecule has 1 atom stereocenters. The highest BCUT2D eigenvalue weighted by atomic mass is 16.5. The molecule has 0 radical (unpaired) electrons. The fraction of sp³-hybridized carbons (Fsp3) is 0.917. The second-order valence-electron chi connectivity index (χ2n) is 3.82. The van der Waals surface area contributed by atoms with Crippen LogP contribution in [0.4, 0.5) is 0 Å². The monoisotopic (exact) mass is 200 g/mol. The van der Waals surface area contributed by atoms with Crippen molar-refractivity contribution in [2.45, 2.75) is 71.3 Å². The van der Waals surface area contributed by atoms with E-state index < -0.39 is 0 Å². The number of hydrogen-bond acceptors (Lipinski definition) is 2. The van der Waals surface area contributed by atoms with Gasteiger partial charge in [0.2, 0.25) is 0 Å². The van der Waals surface area contributed by atoms with E-state index in [2.05, 4.69) is 13.8 Å². The van der Waals surface area contributed by atoms with Crippen LogP contribution >= 0.6 is 0 Å². The van der Waals surface area contributed by atoms with E-state index in [-0.39, 0.29) is 6.10 Å². The van der Waals surface area contributed by atoms with Crippen LogP contribution in [-0.2, 0) is 9.53 Å². The Bertz CT molecular complexity index is 123. The second-order valence-corrected chi connectivity index (χ2v) is 3.82. The van der Waals surface area contributed by atoms with Crippen LogP contribution in [0.5, 0.6) is 0 Å². The molecule has 0 fully saturated rings. The molecule has 0 rings (SSSR count). The summed E-state index contributed by atoms with van der Waals surface area (Å²) in [6, 6.07) is 0. The maximum absolute atomic E-state index is 10.1. The van der Waals surface area contributed by atoms with E-state index >= 15 is 0 Å². The molecule has 14 heavy (non-hydrogen) atoms. The number of carbonyl (C=O) groups is 1. The fourth-order valence-electron chi connectivity index (χ4n) is 1.60. The van der Waals surface area contributed by atoms with Crippen LogP contribution in [0.25, 0.3) is 0 Å². The zero-order valence-corrected chi connectivity index (χ0v) is 9.63. The van der Waals surface area contributed by atoms with Crippen molar-refractivity contribution in [3.8, 4) is 0 Å². The summed E-state index contributed by atoms with van der Waals surface area (Å²) in [5.41, 5.74) is 0. The van der Waals surface area contributed by atoms with Crippen molar-refractivity contribution in [3.05, 3.63) is 0 Å². The van der Waals surface area contributed by atoms with Gasteiger partial charge in [0.05, 0.1) is 0 Å². The van der Waals surface area contributed by atoms with Crippen molar-refractivity contribution in [2.75, 3.05) is 0 Å². The van der Waals surface area contributed by atoms with Gasteiger partial charge in [-0.2, -0.15) is 0 Å². The van der Waals surface area contributed by atoms with Gasteiger partial charge in [-0.05, 0) is 19.3 Å². The van der Waals surface area contributed by atoms with Crippen LogP contribution in [0, 0.1) is 0 Å². The van der Waals surface area contributed by atoms with E-state index in [9.17, 15) is 4.79 Å². The highest BCUT2D eigenvalue weighted by molar-refractivity contribution is 5.37. The molecule has 0 bridgehead atoms. The average Bonchev–Trinajstić information content (AvgIpc) is 2.21. The summed E-state index contributed by atoms with van der Waals surface area (Å²) in [5.74, 6) is 0. The first kappa shape index (κ1) is 13.5. The number of rotatable bonds is 10. The zero-order valence-electron chi connectivity index (χ0n) is 9.63. The highest BCUT2D eigenvalue weighted by Gasteiger charge is 2.04. The first-order valence-corrected chi connectivity index (χ1v) is 5.94. The van der Waals surface area contributed by atoms with Gasteiger partial charge >= 0.3 is 0 Å². The molecule has 0 heterocycles. The van der Waals surface area contributed by atoms with Crippen LogP contribution in [-0.4, -0.2) is 12.6 Å². The van der Waals surface area contributed by atoms with Gasteiger partial charge in [0.1, 0.15) is 6.10 Å². The predicted octanol–water partition coefficient (Wildman–Crippen LogP) is 3.69. The van der Waals surface area contributed by atoms with Crippen LogP contribution in [0.3, 0.4) is 0 Å². The van der Waals surface area contributed by atoms with Crippen LogP contribution in [0.1, 0.15) is 65.2 Å². The molecule has 2 heteroatoms. The molecule has 0 N–H and O–H groups in total. The largest absolute Gasteiger partial charge is 0.465 e. The molecular formula is C12H24O2. The summed E-state index contributed by atoms with van der Waals surface area (Å²) in [6.45, 7) is 4.86. The Morgan fingerprint density at radius 1 is 1.07 bits per heavy atom. The van der Waals surface area contributed by atoms with Crippen molar-refractivity contribution >= 4 is 6.47 Å². The molecule has 0 aliphatic rings. The van der Waals surface area contributed by atoms with Gasteiger partial charge in [0.15, 0.2) is 0 Å². The number of unbranched alkanes of at least 4 members (excludes halogenated alkanes) is 5. The minimum atomic E-state index is 0.152. The molecule has 1 unspecified atom stereocenters. The van der Waals surface area contributed by atoms with Gasteiger partial charge in [0, 0.05) is 0 Å². The first-order chi connectivity index (χ1) is 6.85. The first-order valence-electron chi connectivity index (χ1n) is 5.94. The maximum Gasteiger partial charge on any atom is 0.293 e. The average molecular weight is 200 g/mol. The van der Waals surface area contributed by atoms with Gasteiger partial charge in [-0.3, -0.25) is 4.79 Å². The minimum Gasteiger partial charge on any atom is -0.465 e. The Morgan fingerprint density at radius 2 is 1.71 bits per heavy atom. The van der Waals surface area contributed by atoms with Crippen LogP contribution in [0.15, 0.2) is 0 Å². The summed E-state index contributed by atoms with van der Waals surface area (Å²) in [7, 11) is 0. The highest BCUT2D eigenvalue weighted by Crippen LogP contribution is 2.11. The molecule has 0 aromatic heterocycles. The van der Waals surface area contributed by atoms with Crippen molar-refractivity contribution in [3.63, 3.8) is 0 Å². The summed E-state index contributed by atoms with van der Waals surface area (Å²) < 4.78 is 4.94. The summed E-state index contributed by atoms with van der Waals surface area (Å²) in [4.78, 5) is 10.1. The van der Waals surface area contributed by atoms with E-state index in [1.165, 1.54) is 38.5 Å². The van der Waals surface area contributed by atoms with Crippen molar-refractivity contribution in [1.29, 1.82) is 0 Å². The quantitative estimate of drug-likeness (QED) is 0.397. The molecule has 0 aliphatic heterocycles. The normalized spacial score (nSPS) is 12.4. The van der Waals surface area contributed by atoms with Crippen molar-refractivity contribution in [1.82, 2.24) is 0 Å². The molecule has 0 saturated heterocycles. The van der Waals surface area contributed by atoms with E-state index in [0.717, 1.165) is 12.8 Å². The third kappa shape index (κ3) is 8.09. The third-order valence-electron chi connectivity index (χ3n) is 2.58. The Balaban J connectivity index is 3.19. The summed E-state index contributed by atoms with van der Waals surface area (Å²) >= 11 is 0. The topological polar surface area (TPSA) is 26.3 Å². The van der Waals surface area contributed by atoms with E-state index in [4.69, 9.17) is 4.74 Å². The molecule has 0 aromatic rings. The fourth-order valence-corrected chi connectivity index (χ4v) is 1.60. The molecule has 2 nitrogen and oxygen atoms in total. The molecule has 0 spiro atoms. The van der Waals surface area contributed by atoms with Gasteiger partial charge in [-0.1, -0.05) is 46.0 Å². The van der Waals surface area contributed by atoms with E-state index in [1.807, 2.05) is 0 Å². The lowest BCUT2D eigenvalue weighted by molar-refractivity contribution is -0.134. The lowest BCUT2D eigenvalue weighted by Gasteiger charge is -2.11. The second kappa shape index (κ2) is 10.6. The van der Waals surface area contributed by atoms with Crippen molar-refractivity contribution < 1.29 is 9.53 Å². The standard InChI is InChI=1S/C12H24O2/c1-3-5-6-7-8-9-10-12(4-2)14-11-13/h11-12H,3-10H2,1-2H3. The predicted molar refractivity (Wildman–Crippen MR) is 59.2 cm³/mol. The lowest BCUT2D eigenvalue weighted by Crippen LogP contribution is -2.10. The number of carbonyl (C=O) groups excluding carboxylic acids is 1. The molecule has 0 aliphatic carbocycles. The minimum absolute atomic E-state index is 0.152. The van der Waals surface area contributed by atoms with Crippen molar-refractivity contribution in [2.24, 2.45) is 0 Å². The summed E-state index contributed by atoms with van der Waals surface area (Å²) in [5, 5.41) is 0. The van der Waals surface area contributed by atoms with E-state index in [0.29, 0.717) is 6.47 Å². The molecular weight excluding hydrogens is 176 g/mol. The Labute approximate surface area is 88.0 Å². The number of ether oxygens (including phenoxy) is 1. The molecule has 0 saturated carbocycles. The van der Waals surface area contributed by atoms with Gasteiger partial charge in [-0.15, -0.1) is 0 Å². The number of hydrogen-bond donors (Lipinski definition) is 0. The smallest absolute Gasteiger partial charge is 0.293 e. The van der Waals surface area contributed by atoms with Crippen LogP contribution < -0.4 is 0 Å². The SMILES string of the molecule is CCCCCCCCC(CC)OC=O. The lowest BCUT2D eigenvalue weighted by atomic mass is 10.1. The molecule has 84 valence electrons. The maximum atomic E-state index is 10.1. The van der Waals surface area contributed by atoms with Gasteiger partial charge < -0.3 is 4.74 Å². The van der Waals surface area contributed by atoms with E-state index in [1.54, 1.807) is 0 Å². The Morgan fingerprint density at radius 3 is 2.29 bits per heavy atom. The third-order valence-corrected chi connectivity index (χ3v) is 2.58. The Kier molecular flexibility index (Phi) is 10.2. The zero-order chi connectivity index (χ0) is 10.6. The molecule has 0 amide bonds. The molecule has 0 aromatic carbocycles. The summed E-state index contributed by atoms with van der Waals surface area (Å²) in [6.07, 6.45) is 9.91. The Hall–Kier alpha value is -0.530. The van der Waals surface area contributed by atoms with Crippen LogP contribution in [0.2, 0.25) is 0 Å². The van der Waals surface area contributed by atoms with Gasteiger partial charge in [-0.25, -0.2) is 0 Å². The van der Waals surface area contributed by atoms with Gasteiger partial charge in [0.25, 0.3) is 6.47 Å².